The summed E-state index contributed by atoms with van der Waals surface area (Å²) in [4.78, 5) is 15.8. The normalized spacial score (nSPS) is 13.3. The summed E-state index contributed by atoms with van der Waals surface area (Å²) >= 11 is 0. The van der Waals surface area contributed by atoms with Crippen molar-refractivity contribution in [1.82, 2.24) is 9.13 Å². The smallest absolute Gasteiger partial charge is 0.232 e. The second-order valence-corrected chi connectivity index (χ2v) is 13.4. The van der Waals surface area contributed by atoms with E-state index in [1.54, 1.807) is 0 Å². The zero-order valence-corrected chi connectivity index (χ0v) is 28.9. The SMILES string of the molecule is N/C(=N\C(=NCc1ccccc1)n1c2ccc3c(c2c2cccc(-n4c5ccccc5c5ccccc54)c21)N=C(c1ccccc1)C3)c1ccccc1. The lowest BCUT2D eigenvalue weighted by atomic mass is 10.0. The largest absolute Gasteiger partial charge is 0.383 e. The van der Waals surface area contributed by atoms with Crippen LogP contribution in [0.5, 0.6) is 0 Å². The number of para-hydroxylation sites is 3. The van der Waals surface area contributed by atoms with Crippen molar-refractivity contribution in [3.8, 4) is 5.69 Å². The lowest BCUT2D eigenvalue weighted by molar-refractivity contribution is 1.03. The van der Waals surface area contributed by atoms with Gasteiger partial charge in [-0.25, -0.2) is 4.99 Å². The van der Waals surface area contributed by atoms with Gasteiger partial charge in [-0.15, -0.1) is 0 Å². The van der Waals surface area contributed by atoms with E-state index in [1.807, 2.05) is 54.6 Å². The average Bonchev–Trinajstić information content (AvgIpc) is 3.91. The summed E-state index contributed by atoms with van der Waals surface area (Å²) in [6, 6.07) is 58.9. The number of nitrogens with zero attached hydrogens (tertiary/aromatic N) is 5. The van der Waals surface area contributed by atoms with Crippen molar-refractivity contribution >= 4 is 66.8 Å². The molecule has 0 atom stereocenters. The topological polar surface area (TPSA) is 73.0 Å². The summed E-state index contributed by atoms with van der Waals surface area (Å²) in [5, 5.41) is 4.55. The Bertz CT molecular complexity index is 2880. The fourth-order valence-electron chi connectivity index (χ4n) is 7.84. The first-order chi connectivity index (χ1) is 26.2. The molecule has 7 aromatic carbocycles. The van der Waals surface area contributed by atoms with Crippen molar-refractivity contribution in [2.24, 2.45) is 20.7 Å². The van der Waals surface area contributed by atoms with Crippen LogP contribution in [0.15, 0.2) is 185 Å². The Morgan fingerprint density at radius 1 is 0.604 bits per heavy atom. The highest BCUT2D eigenvalue weighted by atomic mass is 15.2. The molecule has 3 heterocycles. The van der Waals surface area contributed by atoms with E-state index in [4.69, 9.17) is 20.7 Å². The molecule has 0 radical (unpaired) electrons. The number of hydrogen-bond acceptors (Lipinski definition) is 2. The van der Waals surface area contributed by atoms with Crippen molar-refractivity contribution in [2.45, 2.75) is 13.0 Å². The molecule has 6 heteroatoms. The average molecular weight is 683 g/mol. The number of hydrogen-bond donors (Lipinski definition) is 1. The molecule has 6 nitrogen and oxygen atoms in total. The Morgan fingerprint density at radius 3 is 1.94 bits per heavy atom. The molecule has 252 valence electrons. The van der Waals surface area contributed by atoms with Gasteiger partial charge in [0.05, 0.1) is 45.7 Å². The van der Waals surface area contributed by atoms with Gasteiger partial charge in [-0.3, -0.25) is 9.56 Å². The third-order valence-corrected chi connectivity index (χ3v) is 10.3. The van der Waals surface area contributed by atoms with Crippen molar-refractivity contribution in [3.63, 3.8) is 0 Å². The zero-order chi connectivity index (χ0) is 35.3. The molecule has 0 unspecified atom stereocenters. The predicted octanol–water partition coefficient (Wildman–Crippen LogP) is 10.4. The maximum atomic E-state index is 6.84. The minimum atomic E-state index is 0.396. The van der Waals surface area contributed by atoms with Gasteiger partial charge in [0, 0.05) is 33.5 Å². The maximum absolute atomic E-state index is 6.84. The van der Waals surface area contributed by atoms with Gasteiger partial charge in [0.2, 0.25) is 5.96 Å². The number of aliphatic imine (C=N–C) groups is 3. The van der Waals surface area contributed by atoms with Crippen LogP contribution >= 0.6 is 0 Å². The van der Waals surface area contributed by atoms with E-state index in [0.717, 1.165) is 73.0 Å². The van der Waals surface area contributed by atoms with Crippen LogP contribution in [-0.4, -0.2) is 26.6 Å². The van der Waals surface area contributed by atoms with Crippen LogP contribution in [0.25, 0.3) is 49.3 Å². The van der Waals surface area contributed by atoms with Gasteiger partial charge in [-0.1, -0.05) is 146 Å². The number of nitrogens with two attached hydrogens (primary N) is 1. The van der Waals surface area contributed by atoms with E-state index in [-0.39, 0.29) is 0 Å². The van der Waals surface area contributed by atoms with E-state index in [9.17, 15) is 0 Å². The highest BCUT2D eigenvalue weighted by molar-refractivity contribution is 6.24. The molecule has 0 amide bonds. The molecule has 9 aromatic rings. The van der Waals surface area contributed by atoms with Crippen molar-refractivity contribution in [1.29, 1.82) is 0 Å². The minimum absolute atomic E-state index is 0.396. The molecule has 0 spiro atoms. The van der Waals surface area contributed by atoms with Crippen LogP contribution in [0.1, 0.15) is 22.3 Å². The van der Waals surface area contributed by atoms with Gasteiger partial charge < -0.3 is 10.3 Å². The van der Waals surface area contributed by atoms with E-state index in [1.165, 1.54) is 16.3 Å². The second-order valence-electron chi connectivity index (χ2n) is 13.4. The van der Waals surface area contributed by atoms with E-state index >= 15 is 0 Å². The first kappa shape index (κ1) is 30.7. The third-order valence-electron chi connectivity index (χ3n) is 10.3. The van der Waals surface area contributed by atoms with Crippen molar-refractivity contribution in [3.05, 3.63) is 192 Å². The van der Waals surface area contributed by atoms with Gasteiger partial charge in [0.1, 0.15) is 5.84 Å². The molecule has 10 rings (SSSR count). The minimum Gasteiger partial charge on any atom is -0.383 e. The number of fused-ring (bicyclic) bond motifs is 8. The molecule has 0 bridgehead atoms. The van der Waals surface area contributed by atoms with Gasteiger partial charge in [-0.05, 0) is 41.0 Å². The molecule has 0 saturated heterocycles. The Morgan fingerprint density at radius 2 is 1.23 bits per heavy atom. The molecule has 0 saturated carbocycles. The van der Waals surface area contributed by atoms with Crippen molar-refractivity contribution in [2.75, 3.05) is 0 Å². The lowest BCUT2D eigenvalue weighted by Crippen LogP contribution is -2.20. The Labute approximate surface area is 306 Å². The first-order valence-corrected chi connectivity index (χ1v) is 17.9. The Kier molecular flexibility index (Phi) is 7.32. The third kappa shape index (κ3) is 5.15. The first-order valence-electron chi connectivity index (χ1n) is 17.9. The highest BCUT2D eigenvalue weighted by Gasteiger charge is 2.26. The number of rotatable bonds is 5. The monoisotopic (exact) mass is 682 g/mol. The van der Waals surface area contributed by atoms with Gasteiger partial charge in [-0.2, -0.15) is 4.99 Å². The van der Waals surface area contributed by atoms with Crippen LogP contribution in [0.3, 0.4) is 0 Å². The molecule has 0 fully saturated rings. The molecular formula is C47H34N6. The number of aromatic nitrogens is 2. The van der Waals surface area contributed by atoms with E-state index < -0.39 is 0 Å². The molecule has 2 N–H and O–H groups in total. The molecule has 0 aliphatic carbocycles. The van der Waals surface area contributed by atoms with Gasteiger partial charge in [0.15, 0.2) is 0 Å². The summed E-state index contributed by atoms with van der Waals surface area (Å²) in [5.41, 5.74) is 18.4. The summed E-state index contributed by atoms with van der Waals surface area (Å²) in [5.74, 6) is 0.904. The highest BCUT2D eigenvalue weighted by Crippen LogP contribution is 2.44. The van der Waals surface area contributed by atoms with Crippen LogP contribution in [0.2, 0.25) is 0 Å². The lowest BCUT2D eigenvalue weighted by Gasteiger charge is -2.14. The summed E-state index contributed by atoms with van der Waals surface area (Å²) in [6.45, 7) is 0.432. The standard InChI is InChI=1S/C47H34N6/c48-46(33-19-8-3-9-20-33)51-47(49-30-31-15-4-1-5-16-31)53-41-28-27-34-29-38(32-17-6-2-7-18-32)50-44(34)43(41)37-23-14-26-42(45(37)53)52-39-24-12-10-21-35(39)36-22-11-13-25-40(36)52/h1-28H,29-30H2,(H2,48,49,51). The molecular weight excluding hydrogens is 649 g/mol. The molecule has 1 aliphatic rings. The van der Waals surface area contributed by atoms with E-state index in [0.29, 0.717) is 18.3 Å². The summed E-state index contributed by atoms with van der Waals surface area (Å²) in [6.07, 6.45) is 0.766. The number of benzene rings is 7. The van der Waals surface area contributed by atoms with Gasteiger partial charge >= 0.3 is 0 Å². The van der Waals surface area contributed by atoms with Crippen LogP contribution in [0, 0.1) is 0 Å². The summed E-state index contributed by atoms with van der Waals surface area (Å²) < 4.78 is 4.58. The van der Waals surface area contributed by atoms with Gasteiger partial charge in [0.25, 0.3) is 0 Å². The summed E-state index contributed by atoms with van der Waals surface area (Å²) in [7, 11) is 0. The predicted molar refractivity (Wildman–Crippen MR) is 220 cm³/mol. The fraction of sp³-hybridized carbons (Fsp3) is 0.0426. The van der Waals surface area contributed by atoms with Crippen LogP contribution < -0.4 is 5.73 Å². The van der Waals surface area contributed by atoms with Crippen LogP contribution in [-0.2, 0) is 13.0 Å². The quantitative estimate of drug-likeness (QED) is 0.142. The molecule has 53 heavy (non-hydrogen) atoms. The molecule has 1 aliphatic heterocycles. The Hall–Kier alpha value is -7.05. The molecule has 2 aromatic heterocycles. The second kappa shape index (κ2) is 12.6. The van der Waals surface area contributed by atoms with Crippen molar-refractivity contribution < 1.29 is 0 Å². The Balaban J connectivity index is 1.33. The zero-order valence-electron chi connectivity index (χ0n) is 28.9. The fourth-order valence-corrected chi connectivity index (χ4v) is 7.84. The number of amidine groups is 1. The van der Waals surface area contributed by atoms with E-state index in [2.05, 4.69) is 124 Å². The maximum Gasteiger partial charge on any atom is 0.232 e. The van der Waals surface area contributed by atoms with Crippen LogP contribution in [0.4, 0.5) is 5.69 Å².